The molecule has 0 bridgehead atoms. The van der Waals surface area contributed by atoms with Crippen LogP contribution in [0.4, 0.5) is 5.69 Å². The number of pyridine rings is 1. The number of fused-ring (bicyclic) bond motifs is 1. The number of hydrogen-bond donors (Lipinski definition) is 1. The quantitative estimate of drug-likeness (QED) is 0.525. The molecule has 2 aromatic carbocycles. The van der Waals surface area contributed by atoms with Crippen LogP contribution in [0.3, 0.4) is 0 Å². The number of hydrogen-bond acceptors (Lipinski definition) is 4. The van der Waals surface area contributed by atoms with Crippen molar-refractivity contribution in [3.8, 4) is 0 Å². The highest BCUT2D eigenvalue weighted by Crippen LogP contribution is 2.22. The second-order valence-electron chi connectivity index (χ2n) is 5.80. The number of halogens is 1. The van der Waals surface area contributed by atoms with E-state index in [-0.39, 0.29) is 5.91 Å². The maximum atomic E-state index is 12.3. The highest BCUT2D eigenvalue weighted by Gasteiger charge is 2.10. The molecule has 0 unspecified atom stereocenters. The summed E-state index contributed by atoms with van der Waals surface area (Å²) in [5, 5.41) is 2.86. The first kappa shape index (κ1) is 16.5. The van der Waals surface area contributed by atoms with Crippen LogP contribution in [-0.2, 0) is 6.42 Å². The zero-order valence-electron chi connectivity index (χ0n) is 13.6. The van der Waals surface area contributed by atoms with E-state index in [1.165, 1.54) is 6.20 Å². The van der Waals surface area contributed by atoms with Crippen LogP contribution in [0.25, 0.3) is 11.1 Å². The van der Waals surface area contributed by atoms with E-state index in [1.54, 1.807) is 24.4 Å². The SMILES string of the molecule is O=C(Nc1ccc2oc(Cc3ccccc3)nc2c1)c1cncc(Br)c1. The third-order valence-corrected chi connectivity index (χ3v) is 4.29. The summed E-state index contributed by atoms with van der Waals surface area (Å²) < 4.78 is 6.54. The molecular formula is C20H14BrN3O2. The second-order valence-corrected chi connectivity index (χ2v) is 6.71. The normalized spacial score (nSPS) is 10.8. The van der Waals surface area contributed by atoms with Crippen LogP contribution < -0.4 is 5.32 Å². The largest absolute Gasteiger partial charge is 0.440 e. The predicted molar refractivity (Wildman–Crippen MR) is 103 cm³/mol. The molecule has 5 nitrogen and oxygen atoms in total. The third kappa shape index (κ3) is 3.65. The lowest BCUT2D eigenvalue weighted by molar-refractivity contribution is 0.102. The van der Waals surface area contributed by atoms with Crippen molar-refractivity contribution >= 4 is 38.6 Å². The Labute approximate surface area is 158 Å². The number of nitrogens with zero attached hydrogens (tertiary/aromatic N) is 2. The molecule has 6 heteroatoms. The Morgan fingerprint density at radius 3 is 2.73 bits per heavy atom. The standard InChI is InChI=1S/C20H14BrN3O2/c21-15-9-14(11-22-12-15)20(25)23-16-6-7-18-17(10-16)24-19(26-18)8-13-4-2-1-3-5-13/h1-7,9-12H,8H2,(H,23,25). The van der Waals surface area contributed by atoms with Crippen molar-refractivity contribution in [3.05, 3.63) is 88.5 Å². The first-order chi connectivity index (χ1) is 12.7. The van der Waals surface area contributed by atoms with Gasteiger partial charge in [0.05, 0.1) is 5.56 Å². The maximum absolute atomic E-state index is 12.3. The number of oxazole rings is 1. The Morgan fingerprint density at radius 1 is 1.08 bits per heavy atom. The highest BCUT2D eigenvalue weighted by atomic mass is 79.9. The Hall–Kier alpha value is -2.99. The summed E-state index contributed by atoms with van der Waals surface area (Å²) >= 11 is 3.31. The van der Waals surface area contributed by atoms with Crippen LogP contribution in [-0.4, -0.2) is 15.9 Å². The maximum Gasteiger partial charge on any atom is 0.257 e. The summed E-state index contributed by atoms with van der Waals surface area (Å²) in [5.74, 6) is 0.414. The number of aromatic nitrogens is 2. The summed E-state index contributed by atoms with van der Waals surface area (Å²) in [6.07, 6.45) is 3.78. The van der Waals surface area contributed by atoms with Gasteiger partial charge in [-0.3, -0.25) is 9.78 Å². The van der Waals surface area contributed by atoms with Crippen LogP contribution in [0, 0.1) is 0 Å². The number of anilines is 1. The fraction of sp³-hybridized carbons (Fsp3) is 0.0500. The Balaban J connectivity index is 1.55. The fourth-order valence-electron chi connectivity index (χ4n) is 2.64. The average Bonchev–Trinajstić information content (AvgIpc) is 3.04. The predicted octanol–water partition coefficient (Wildman–Crippen LogP) is 4.83. The van der Waals surface area contributed by atoms with Crippen molar-refractivity contribution in [1.29, 1.82) is 0 Å². The number of nitrogens with one attached hydrogen (secondary N) is 1. The van der Waals surface area contributed by atoms with Gasteiger partial charge in [-0.05, 0) is 45.8 Å². The minimum atomic E-state index is -0.230. The Morgan fingerprint density at radius 2 is 1.92 bits per heavy atom. The van der Waals surface area contributed by atoms with Crippen molar-refractivity contribution in [1.82, 2.24) is 9.97 Å². The molecule has 0 aliphatic rings. The van der Waals surface area contributed by atoms with Gasteiger partial charge in [-0.2, -0.15) is 0 Å². The molecule has 0 aliphatic heterocycles. The minimum absolute atomic E-state index is 0.230. The van der Waals surface area contributed by atoms with E-state index in [4.69, 9.17) is 4.42 Å². The second kappa shape index (κ2) is 7.09. The molecule has 0 spiro atoms. The summed E-state index contributed by atoms with van der Waals surface area (Å²) in [6.45, 7) is 0. The molecule has 1 amide bonds. The molecule has 0 saturated heterocycles. The van der Waals surface area contributed by atoms with Gasteiger partial charge in [-0.25, -0.2) is 4.98 Å². The van der Waals surface area contributed by atoms with Gasteiger partial charge in [0, 0.05) is 29.0 Å². The molecule has 128 valence electrons. The topological polar surface area (TPSA) is 68.0 Å². The van der Waals surface area contributed by atoms with Gasteiger partial charge in [-0.1, -0.05) is 30.3 Å². The molecule has 1 N–H and O–H groups in total. The number of benzene rings is 2. The molecule has 26 heavy (non-hydrogen) atoms. The number of carbonyl (C=O) groups is 1. The smallest absolute Gasteiger partial charge is 0.257 e. The van der Waals surface area contributed by atoms with Crippen molar-refractivity contribution in [2.24, 2.45) is 0 Å². The van der Waals surface area contributed by atoms with E-state index in [9.17, 15) is 4.79 Å². The van der Waals surface area contributed by atoms with Gasteiger partial charge in [-0.15, -0.1) is 0 Å². The first-order valence-corrected chi connectivity index (χ1v) is 8.82. The molecule has 4 rings (SSSR count). The lowest BCUT2D eigenvalue weighted by atomic mass is 10.1. The highest BCUT2D eigenvalue weighted by molar-refractivity contribution is 9.10. The van der Waals surface area contributed by atoms with Gasteiger partial charge in [0.15, 0.2) is 11.5 Å². The van der Waals surface area contributed by atoms with Crippen LogP contribution in [0.2, 0.25) is 0 Å². The molecule has 0 radical (unpaired) electrons. The summed E-state index contributed by atoms with van der Waals surface area (Å²) in [4.78, 5) is 20.9. The van der Waals surface area contributed by atoms with Crippen LogP contribution in [0.1, 0.15) is 21.8 Å². The van der Waals surface area contributed by atoms with Gasteiger partial charge >= 0.3 is 0 Å². The van der Waals surface area contributed by atoms with Crippen molar-refractivity contribution < 1.29 is 9.21 Å². The van der Waals surface area contributed by atoms with Crippen LogP contribution in [0.5, 0.6) is 0 Å². The molecular weight excluding hydrogens is 394 g/mol. The monoisotopic (exact) mass is 407 g/mol. The van der Waals surface area contributed by atoms with Gasteiger partial charge in [0.25, 0.3) is 5.91 Å². The van der Waals surface area contributed by atoms with E-state index >= 15 is 0 Å². The first-order valence-electron chi connectivity index (χ1n) is 8.03. The zero-order valence-corrected chi connectivity index (χ0v) is 15.2. The van der Waals surface area contributed by atoms with E-state index in [1.807, 2.05) is 36.4 Å². The number of amides is 1. The minimum Gasteiger partial charge on any atom is -0.440 e. The molecule has 2 heterocycles. The van der Waals surface area contributed by atoms with E-state index in [0.29, 0.717) is 34.7 Å². The third-order valence-electron chi connectivity index (χ3n) is 3.85. The van der Waals surface area contributed by atoms with E-state index in [0.717, 1.165) is 10.0 Å². The molecule has 4 aromatic rings. The van der Waals surface area contributed by atoms with Crippen molar-refractivity contribution in [2.75, 3.05) is 5.32 Å². The van der Waals surface area contributed by atoms with Crippen molar-refractivity contribution in [2.45, 2.75) is 6.42 Å². The van der Waals surface area contributed by atoms with Gasteiger partial charge in [0.2, 0.25) is 0 Å². The average molecular weight is 408 g/mol. The molecule has 2 aromatic heterocycles. The zero-order chi connectivity index (χ0) is 17.9. The van der Waals surface area contributed by atoms with E-state index < -0.39 is 0 Å². The van der Waals surface area contributed by atoms with Crippen molar-refractivity contribution in [3.63, 3.8) is 0 Å². The lowest BCUT2D eigenvalue weighted by Crippen LogP contribution is -2.12. The molecule has 0 saturated carbocycles. The molecule has 0 atom stereocenters. The summed E-state index contributed by atoms with van der Waals surface area (Å²) in [7, 11) is 0. The Bertz CT molecular complexity index is 1080. The fourth-order valence-corrected chi connectivity index (χ4v) is 3.00. The summed E-state index contributed by atoms with van der Waals surface area (Å²) in [5.41, 5.74) is 3.67. The van der Waals surface area contributed by atoms with Crippen LogP contribution in [0.15, 0.2) is 75.9 Å². The Kier molecular flexibility index (Phi) is 4.50. The number of rotatable bonds is 4. The van der Waals surface area contributed by atoms with Gasteiger partial charge in [0.1, 0.15) is 5.52 Å². The van der Waals surface area contributed by atoms with Crippen LogP contribution >= 0.6 is 15.9 Å². The van der Waals surface area contributed by atoms with E-state index in [2.05, 4.69) is 31.2 Å². The molecule has 0 aliphatic carbocycles. The summed E-state index contributed by atoms with van der Waals surface area (Å²) in [6, 6.07) is 17.1. The number of carbonyl (C=O) groups excluding carboxylic acids is 1. The molecule has 0 fully saturated rings. The lowest BCUT2D eigenvalue weighted by Gasteiger charge is -2.04. The van der Waals surface area contributed by atoms with Gasteiger partial charge < -0.3 is 9.73 Å².